The van der Waals surface area contributed by atoms with Gasteiger partial charge in [-0.1, -0.05) is 141 Å². The quantitative estimate of drug-likeness (QED) is 0.199. The summed E-state index contributed by atoms with van der Waals surface area (Å²) >= 11 is 0. The first-order valence-electron chi connectivity index (χ1n) is 14.3. The SMILES string of the molecule is Cc1cccc(N(c2ccc(-c3ccccc3)cc2)c2cccc(-c3ccccc3)c2)c1C(C)(C)c1ccccc1. The minimum atomic E-state index is -0.207. The molecule has 1 heteroatoms. The standard InChI is InChI=1S/C40H35N/c1-30-15-13-24-38(39(30)40(2,3)35-21-11-6-12-22-35)41(36-27-25-33(26-28-36)31-16-7-4-8-17-31)37-23-14-20-34(29-37)32-18-9-5-10-19-32/h4-29H,1-3H3. The molecule has 0 radical (unpaired) electrons. The first kappa shape index (κ1) is 26.3. The molecule has 0 atom stereocenters. The summed E-state index contributed by atoms with van der Waals surface area (Å²) < 4.78 is 0. The molecule has 0 bridgehead atoms. The first-order chi connectivity index (χ1) is 20.0. The fraction of sp³-hybridized carbons (Fsp3) is 0.100. The molecule has 0 aliphatic rings. The van der Waals surface area contributed by atoms with Crippen LogP contribution in [0.25, 0.3) is 22.3 Å². The highest BCUT2D eigenvalue weighted by atomic mass is 15.1. The Balaban J connectivity index is 1.55. The molecule has 200 valence electrons. The van der Waals surface area contributed by atoms with Crippen molar-refractivity contribution in [2.75, 3.05) is 4.90 Å². The third-order valence-electron chi connectivity index (χ3n) is 8.06. The molecule has 6 aromatic carbocycles. The Morgan fingerprint density at radius 1 is 0.439 bits per heavy atom. The molecule has 0 heterocycles. The van der Waals surface area contributed by atoms with Crippen molar-refractivity contribution in [3.63, 3.8) is 0 Å². The fourth-order valence-corrected chi connectivity index (χ4v) is 5.97. The zero-order valence-electron chi connectivity index (χ0n) is 24.0. The molecule has 6 rings (SSSR count). The van der Waals surface area contributed by atoms with Crippen molar-refractivity contribution in [2.24, 2.45) is 0 Å². The van der Waals surface area contributed by atoms with E-state index < -0.39 is 0 Å². The van der Waals surface area contributed by atoms with Crippen molar-refractivity contribution in [3.8, 4) is 22.3 Å². The summed E-state index contributed by atoms with van der Waals surface area (Å²) in [5.74, 6) is 0. The summed E-state index contributed by atoms with van der Waals surface area (Å²) in [5, 5.41) is 0. The number of aryl methyl sites for hydroxylation is 1. The van der Waals surface area contributed by atoms with Gasteiger partial charge in [0.15, 0.2) is 0 Å². The van der Waals surface area contributed by atoms with Gasteiger partial charge in [0, 0.05) is 16.8 Å². The summed E-state index contributed by atoms with van der Waals surface area (Å²) in [6.45, 7) is 6.91. The minimum Gasteiger partial charge on any atom is -0.310 e. The van der Waals surface area contributed by atoms with Gasteiger partial charge in [0.25, 0.3) is 0 Å². The van der Waals surface area contributed by atoms with Crippen LogP contribution in [0.5, 0.6) is 0 Å². The average molecular weight is 530 g/mol. The molecular weight excluding hydrogens is 494 g/mol. The Hall–Kier alpha value is -4.88. The van der Waals surface area contributed by atoms with Crippen molar-refractivity contribution in [1.29, 1.82) is 0 Å². The Morgan fingerprint density at radius 2 is 0.951 bits per heavy atom. The van der Waals surface area contributed by atoms with E-state index in [0.29, 0.717) is 0 Å². The predicted octanol–water partition coefficient (Wildman–Crippen LogP) is 11.1. The van der Waals surface area contributed by atoms with Gasteiger partial charge in [-0.15, -0.1) is 0 Å². The van der Waals surface area contributed by atoms with Crippen LogP contribution in [0.1, 0.15) is 30.5 Å². The highest BCUT2D eigenvalue weighted by Crippen LogP contribution is 2.45. The van der Waals surface area contributed by atoms with Crippen LogP contribution in [0.3, 0.4) is 0 Å². The number of benzene rings is 6. The molecule has 0 saturated carbocycles. The van der Waals surface area contributed by atoms with E-state index in [2.05, 4.69) is 183 Å². The van der Waals surface area contributed by atoms with Crippen molar-refractivity contribution < 1.29 is 0 Å². The van der Waals surface area contributed by atoms with Crippen LogP contribution in [0.15, 0.2) is 158 Å². The summed E-state index contributed by atoms with van der Waals surface area (Å²) in [5.41, 5.74) is 12.0. The largest absolute Gasteiger partial charge is 0.310 e. The highest BCUT2D eigenvalue weighted by Gasteiger charge is 2.30. The predicted molar refractivity (Wildman–Crippen MR) is 175 cm³/mol. The molecule has 0 aromatic heterocycles. The number of rotatable bonds is 7. The highest BCUT2D eigenvalue weighted by molar-refractivity contribution is 5.83. The van der Waals surface area contributed by atoms with E-state index >= 15 is 0 Å². The van der Waals surface area contributed by atoms with Crippen LogP contribution in [-0.4, -0.2) is 0 Å². The van der Waals surface area contributed by atoms with E-state index in [9.17, 15) is 0 Å². The molecule has 0 fully saturated rings. The summed E-state index contributed by atoms with van der Waals surface area (Å²) in [7, 11) is 0. The van der Waals surface area contributed by atoms with Crippen LogP contribution in [0, 0.1) is 6.92 Å². The van der Waals surface area contributed by atoms with Gasteiger partial charge in [-0.25, -0.2) is 0 Å². The summed E-state index contributed by atoms with van der Waals surface area (Å²) in [6, 6.07) is 56.6. The lowest BCUT2D eigenvalue weighted by atomic mass is 9.75. The van der Waals surface area contributed by atoms with Crippen molar-refractivity contribution in [3.05, 3.63) is 174 Å². The molecular formula is C40H35N. The van der Waals surface area contributed by atoms with E-state index in [1.165, 1.54) is 44.6 Å². The molecule has 0 spiro atoms. The van der Waals surface area contributed by atoms with Crippen LogP contribution in [0.2, 0.25) is 0 Å². The maximum atomic E-state index is 2.42. The fourth-order valence-electron chi connectivity index (χ4n) is 5.97. The van der Waals surface area contributed by atoms with E-state index in [1.54, 1.807) is 0 Å². The van der Waals surface area contributed by atoms with Crippen molar-refractivity contribution >= 4 is 17.1 Å². The lowest BCUT2D eigenvalue weighted by Gasteiger charge is -2.35. The second-order valence-electron chi connectivity index (χ2n) is 11.1. The lowest BCUT2D eigenvalue weighted by Crippen LogP contribution is -2.24. The van der Waals surface area contributed by atoms with Gasteiger partial charge in [-0.2, -0.15) is 0 Å². The minimum absolute atomic E-state index is 0.207. The second-order valence-corrected chi connectivity index (χ2v) is 11.1. The molecule has 6 aromatic rings. The van der Waals surface area contributed by atoms with Gasteiger partial charge in [-0.05, 0) is 76.2 Å². The molecule has 0 saturated heterocycles. The van der Waals surface area contributed by atoms with Crippen molar-refractivity contribution in [2.45, 2.75) is 26.2 Å². The molecule has 0 aliphatic heterocycles. The first-order valence-corrected chi connectivity index (χ1v) is 14.3. The molecule has 0 N–H and O–H groups in total. The number of anilines is 3. The van der Waals surface area contributed by atoms with Gasteiger partial charge in [0.1, 0.15) is 0 Å². The third kappa shape index (κ3) is 5.32. The topological polar surface area (TPSA) is 3.24 Å². The normalized spacial score (nSPS) is 11.3. The molecule has 0 aliphatic carbocycles. The Morgan fingerprint density at radius 3 is 1.59 bits per heavy atom. The summed E-state index contributed by atoms with van der Waals surface area (Å²) in [6.07, 6.45) is 0. The smallest absolute Gasteiger partial charge is 0.0505 e. The van der Waals surface area contributed by atoms with Crippen LogP contribution in [-0.2, 0) is 5.41 Å². The Labute approximate surface area is 244 Å². The maximum absolute atomic E-state index is 2.42. The molecule has 0 amide bonds. The number of hydrogen-bond acceptors (Lipinski definition) is 1. The van der Waals surface area contributed by atoms with Gasteiger partial charge in [0.2, 0.25) is 0 Å². The van der Waals surface area contributed by atoms with Crippen molar-refractivity contribution in [1.82, 2.24) is 0 Å². The number of nitrogens with zero attached hydrogens (tertiary/aromatic N) is 1. The van der Waals surface area contributed by atoms with Gasteiger partial charge in [0.05, 0.1) is 5.69 Å². The molecule has 41 heavy (non-hydrogen) atoms. The van der Waals surface area contributed by atoms with E-state index in [-0.39, 0.29) is 5.41 Å². The van der Waals surface area contributed by atoms with Gasteiger partial charge in [-0.3, -0.25) is 0 Å². The van der Waals surface area contributed by atoms with E-state index in [1.807, 2.05) is 0 Å². The third-order valence-corrected chi connectivity index (χ3v) is 8.06. The number of hydrogen-bond donors (Lipinski definition) is 0. The van der Waals surface area contributed by atoms with E-state index in [0.717, 1.165) is 11.4 Å². The summed E-state index contributed by atoms with van der Waals surface area (Å²) in [4.78, 5) is 2.42. The Bertz CT molecular complexity index is 1730. The lowest BCUT2D eigenvalue weighted by molar-refractivity contribution is 0.636. The average Bonchev–Trinajstić information content (AvgIpc) is 3.03. The van der Waals surface area contributed by atoms with Crippen LogP contribution < -0.4 is 4.90 Å². The monoisotopic (exact) mass is 529 g/mol. The van der Waals surface area contributed by atoms with Gasteiger partial charge >= 0.3 is 0 Å². The molecule has 1 nitrogen and oxygen atoms in total. The van der Waals surface area contributed by atoms with Crippen LogP contribution in [0.4, 0.5) is 17.1 Å². The van der Waals surface area contributed by atoms with Crippen LogP contribution >= 0.6 is 0 Å². The maximum Gasteiger partial charge on any atom is 0.0505 e. The van der Waals surface area contributed by atoms with E-state index in [4.69, 9.17) is 0 Å². The molecule has 0 unspecified atom stereocenters. The zero-order chi connectivity index (χ0) is 28.2. The van der Waals surface area contributed by atoms with Gasteiger partial charge < -0.3 is 4.90 Å². The Kier molecular flexibility index (Phi) is 7.27. The second kappa shape index (κ2) is 11.3. The zero-order valence-corrected chi connectivity index (χ0v) is 24.0.